The zero-order valence-corrected chi connectivity index (χ0v) is 8.21. The lowest BCUT2D eigenvalue weighted by atomic mass is 9.57. The first-order valence-electron chi connectivity index (χ1n) is 5.24. The van der Waals surface area contributed by atoms with Gasteiger partial charge in [-0.1, -0.05) is 13.0 Å². The van der Waals surface area contributed by atoms with E-state index in [0.29, 0.717) is 5.41 Å². The Morgan fingerprint density at radius 2 is 2.33 bits per heavy atom. The van der Waals surface area contributed by atoms with Gasteiger partial charge in [-0.3, -0.25) is 0 Å². The molecule has 0 N–H and O–H groups in total. The number of hydrogen-bond donors (Lipinski definition) is 0. The molecule has 2 atom stereocenters. The normalized spacial score (nSPS) is 39.2. The molecule has 1 fully saturated rings. The summed E-state index contributed by atoms with van der Waals surface area (Å²) >= 11 is 0. The standard InChI is InChI=1S/C11H19N/c1-3-11-6-5-10(11)9-12(4-2)8-7-11/h7-8,10H,3-6,9H2,1-2H3. The average molecular weight is 165 g/mol. The molecular weight excluding hydrogens is 146 g/mol. The second-order valence-corrected chi connectivity index (χ2v) is 4.23. The van der Waals surface area contributed by atoms with E-state index in [4.69, 9.17) is 0 Å². The maximum Gasteiger partial charge on any atom is 0.0208 e. The maximum atomic E-state index is 2.47. The minimum Gasteiger partial charge on any atom is -0.378 e. The van der Waals surface area contributed by atoms with Gasteiger partial charge in [0, 0.05) is 13.1 Å². The third-order valence-corrected chi connectivity index (χ3v) is 3.91. The summed E-state index contributed by atoms with van der Waals surface area (Å²) in [6.07, 6.45) is 9.01. The Morgan fingerprint density at radius 3 is 2.75 bits per heavy atom. The van der Waals surface area contributed by atoms with Gasteiger partial charge in [-0.25, -0.2) is 0 Å². The number of fused-ring (bicyclic) bond motifs is 1. The second kappa shape index (κ2) is 2.79. The molecule has 0 radical (unpaired) electrons. The topological polar surface area (TPSA) is 3.24 Å². The molecule has 2 rings (SSSR count). The SMILES string of the molecule is CCN1C=CC2(CC)CCC2C1. The number of nitrogens with zero attached hydrogens (tertiary/aromatic N) is 1. The van der Waals surface area contributed by atoms with Crippen molar-refractivity contribution in [3.63, 3.8) is 0 Å². The van der Waals surface area contributed by atoms with E-state index < -0.39 is 0 Å². The summed E-state index contributed by atoms with van der Waals surface area (Å²) in [5.41, 5.74) is 0.617. The van der Waals surface area contributed by atoms with Gasteiger partial charge in [0.2, 0.25) is 0 Å². The van der Waals surface area contributed by atoms with E-state index >= 15 is 0 Å². The molecule has 0 aromatic carbocycles. The van der Waals surface area contributed by atoms with Crippen LogP contribution in [0.15, 0.2) is 12.3 Å². The third kappa shape index (κ3) is 0.988. The van der Waals surface area contributed by atoms with Crippen molar-refractivity contribution in [3.05, 3.63) is 12.3 Å². The molecule has 1 heterocycles. The zero-order chi connectivity index (χ0) is 8.60. The van der Waals surface area contributed by atoms with Crippen LogP contribution in [0.1, 0.15) is 33.1 Å². The molecule has 1 heteroatoms. The molecule has 1 aliphatic carbocycles. The van der Waals surface area contributed by atoms with Crippen LogP contribution < -0.4 is 0 Å². The van der Waals surface area contributed by atoms with Crippen LogP contribution in [-0.2, 0) is 0 Å². The first-order chi connectivity index (χ1) is 5.80. The van der Waals surface area contributed by atoms with Crippen LogP contribution in [0.5, 0.6) is 0 Å². The molecule has 0 bridgehead atoms. The van der Waals surface area contributed by atoms with E-state index in [1.54, 1.807) is 0 Å². The Kier molecular flexibility index (Phi) is 1.90. The van der Waals surface area contributed by atoms with E-state index in [1.807, 2.05) is 0 Å². The Labute approximate surface area is 75.4 Å². The van der Waals surface area contributed by atoms with Crippen LogP contribution in [-0.4, -0.2) is 18.0 Å². The van der Waals surface area contributed by atoms with Crippen molar-refractivity contribution in [3.8, 4) is 0 Å². The van der Waals surface area contributed by atoms with E-state index in [9.17, 15) is 0 Å². The van der Waals surface area contributed by atoms with E-state index in [-0.39, 0.29) is 0 Å². The summed E-state index contributed by atoms with van der Waals surface area (Å²) in [4.78, 5) is 2.44. The minimum absolute atomic E-state index is 0.617. The van der Waals surface area contributed by atoms with E-state index in [0.717, 1.165) is 5.92 Å². The van der Waals surface area contributed by atoms with E-state index in [1.165, 1.54) is 32.4 Å². The summed E-state index contributed by atoms with van der Waals surface area (Å²) in [6.45, 7) is 7.05. The predicted octanol–water partition coefficient (Wildman–Crippen LogP) is 2.64. The lowest BCUT2D eigenvalue weighted by Gasteiger charge is -2.52. The Bertz CT molecular complexity index is 193. The molecular formula is C11H19N. The van der Waals surface area contributed by atoms with Crippen molar-refractivity contribution in [2.75, 3.05) is 13.1 Å². The Balaban J connectivity index is 2.11. The average Bonchev–Trinajstić information content (AvgIpc) is 2.08. The number of rotatable bonds is 2. The molecule has 2 unspecified atom stereocenters. The first-order valence-corrected chi connectivity index (χ1v) is 5.24. The van der Waals surface area contributed by atoms with Crippen LogP contribution in [0.4, 0.5) is 0 Å². The maximum absolute atomic E-state index is 2.47. The van der Waals surface area contributed by atoms with Gasteiger partial charge in [-0.2, -0.15) is 0 Å². The van der Waals surface area contributed by atoms with Gasteiger partial charge in [0.25, 0.3) is 0 Å². The van der Waals surface area contributed by atoms with Crippen LogP contribution in [0.25, 0.3) is 0 Å². The summed E-state index contributed by atoms with van der Waals surface area (Å²) in [7, 11) is 0. The van der Waals surface area contributed by atoms with Gasteiger partial charge in [0.1, 0.15) is 0 Å². The lowest BCUT2D eigenvalue weighted by molar-refractivity contribution is 0.0386. The van der Waals surface area contributed by atoms with Gasteiger partial charge in [0.15, 0.2) is 0 Å². The highest BCUT2D eigenvalue weighted by atomic mass is 15.1. The fraction of sp³-hybridized carbons (Fsp3) is 0.818. The highest BCUT2D eigenvalue weighted by molar-refractivity contribution is 5.12. The fourth-order valence-corrected chi connectivity index (χ4v) is 2.63. The predicted molar refractivity (Wildman–Crippen MR) is 51.8 cm³/mol. The molecule has 68 valence electrons. The van der Waals surface area contributed by atoms with Crippen molar-refractivity contribution < 1.29 is 0 Å². The number of allylic oxidation sites excluding steroid dienone is 1. The monoisotopic (exact) mass is 165 g/mol. The largest absolute Gasteiger partial charge is 0.378 e. The van der Waals surface area contributed by atoms with Gasteiger partial charge in [-0.15, -0.1) is 0 Å². The fourth-order valence-electron chi connectivity index (χ4n) is 2.63. The third-order valence-electron chi connectivity index (χ3n) is 3.91. The van der Waals surface area contributed by atoms with Crippen molar-refractivity contribution in [1.82, 2.24) is 4.90 Å². The zero-order valence-electron chi connectivity index (χ0n) is 8.21. The molecule has 0 saturated heterocycles. The molecule has 1 saturated carbocycles. The summed E-state index contributed by atoms with van der Waals surface area (Å²) in [5, 5.41) is 0. The lowest BCUT2D eigenvalue weighted by Crippen LogP contribution is -2.47. The van der Waals surface area contributed by atoms with Crippen molar-refractivity contribution in [2.45, 2.75) is 33.1 Å². The smallest absolute Gasteiger partial charge is 0.0208 e. The van der Waals surface area contributed by atoms with Crippen LogP contribution >= 0.6 is 0 Å². The molecule has 0 amide bonds. The van der Waals surface area contributed by atoms with Gasteiger partial charge < -0.3 is 4.90 Å². The molecule has 0 aromatic rings. The highest BCUT2D eigenvalue weighted by Gasteiger charge is 2.45. The molecule has 1 aliphatic heterocycles. The van der Waals surface area contributed by atoms with Crippen molar-refractivity contribution in [2.24, 2.45) is 11.3 Å². The summed E-state index contributed by atoms with van der Waals surface area (Å²) in [5.74, 6) is 0.965. The highest BCUT2D eigenvalue weighted by Crippen LogP contribution is 2.52. The van der Waals surface area contributed by atoms with Gasteiger partial charge >= 0.3 is 0 Å². The van der Waals surface area contributed by atoms with E-state index in [2.05, 4.69) is 31.0 Å². The van der Waals surface area contributed by atoms with Crippen LogP contribution in [0, 0.1) is 11.3 Å². The van der Waals surface area contributed by atoms with Gasteiger partial charge in [0.05, 0.1) is 0 Å². The Hall–Kier alpha value is -0.460. The summed E-state index contributed by atoms with van der Waals surface area (Å²) < 4.78 is 0. The Morgan fingerprint density at radius 1 is 1.50 bits per heavy atom. The van der Waals surface area contributed by atoms with Crippen LogP contribution in [0.3, 0.4) is 0 Å². The molecule has 1 nitrogen and oxygen atoms in total. The molecule has 0 aromatic heterocycles. The first kappa shape index (κ1) is 8.15. The second-order valence-electron chi connectivity index (χ2n) is 4.23. The summed E-state index contributed by atoms with van der Waals surface area (Å²) in [6, 6.07) is 0. The molecule has 2 aliphatic rings. The van der Waals surface area contributed by atoms with Crippen LogP contribution in [0.2, 0.25) is 0 Å². The van der Waals surface area contributed by atoms with Crippen molar-refractivity contribution in [1.29, 1.82) is 0 Å². The van der Waals surface area contributed by atoms with Gasteiger partial charge in [-0.05, 0) is 43.7 Å². The minimum atomic E-state index is 0.617. The molecule has 0 spiro atoms. The quantitative estimate of drug-likeness (QED) is 0.608. The molecule has 12 heavy (non-hydrogen) atoms. The van der Waals surface area contributed by atoms with Crippen molar-refractivity contribution >= 4 is 0 Å². The number of hydrogen-bond acceptors (Lipinski definition) is 1.